The van der Waals surface area contributed by atoms with E-state index in [1.54, 1.807) is 35.2 Å². The number of aryl methyl sites for hydroxylation is 3. The first-order chi connectivity index (χ1) is 23.5. The van der Waals surface area contributed by atoms with E-state index < -0.39 is 0 Å². The summed E-state index contributed by atoms with van der Waals surface area (Å²) in [6.45, 7) is 21.8. The number of hydrogen-bond donors (Lipinski definition) is 0. The SMILES string of the molecule is CC.CC.COc1cccc(C)c1C.Cc1cccc(/C=C/c2nc3ccccn3c(=O)c2C)c1C.Cc1nc2ccccn2c(=O)c1C. The number of pyridine rings is 2. The zero-order chi connectivity index (χ0) is 36.7. The van der Waals surface area contributed by atoms with Crippen LogP contribution < -0.4 is 15.9 Å². The number of fused-ring (bicyclic) bond motifs is 2. The predicted octanol–water partition coefficient (Wildman–Crippen LogP) is 9.47. The fraction of sp³-hybridized carbons (Fsp3) is 0.286. The fourth-order valence-electron chi connectivity index (χ4n) is 4.71. The molecule has 0 amide bonds. The highest BCUT2D eigenvalue weighted by Gasteiger charge is 2.06. The van der Waals surface area contributed by atoms with Crippen molar-refractivity contribution < 1.29 is 4.74 Å². The van der Waals surface area contributed by atoms with E-state index in [-0.39, 0.29) is 11.1 Å². The van der Waals surface area contributed by atoms with Crippen LogP contribution >= 0.6 is 0 Å². The molecule has 2 aromatic carbocycles. The molecule has 0 aliphatic heterocycles. The summed E-state index contributed by atoms with van der Waals surface area (Å²) < 4.78 is 8.26. The summed E-state index contributed by atoms with van der Waals surface area (Å²) in [6, 6.07) is 23.3. The number of ether oxygens (including phenoxy) is 1. The predicted molar refractivity (Wildman–Crippen MR) is 207 cm³/mol. The van der Waals surface area contributed by atoms with E-state index in [1.165, 1.54) is 22.3 Å². The normalized spacial score (nSPS) is 10.1. The summed E-state index contributed by atoms with van der Waals surface area (Å²) in [5.41, 5.74) is 10.4. The smallest absolute Gasteiger partial charge is 0.261 e. The molecule has 0 spiro atoms. The summed E-state index contributed by atoms with van der Waals surface area (Å²) >= 11 is 0. The van der Waals surface area contributed by atoms with Gasteiger partial charge in [-0.05, 0) is 113 Å². The molecule has 0 aliphatic rings. The van der Waals surface area contributed by atoms with E-state index >= 15 is 0 Å². The highest BCUT2D eigenvalue weighted by molar-refractivity contribution is 5.72. The zero-order valence-electron chi connectivity index (χ0n) is 31.3. The lowest BCUT2D eigenvalue weighted by Crippen LogP contribution is -2.18. The van der Waals surface area contributed by atoms with Crippen molar-refractivity contribution in [2.75, 3.05) is 7.11 Å². The van der Waals surface area contributed by atoms with Crippen LogP contribution in [0.4, 0.5) is 0 Å². The van der Waals surface area contributed by atoms with Crippen LogP contribution in [0.1, 0.15) is 78.0 Å². The van der Waals surface area contributed by atoms with Crippen molar-refractivity contribution in [2.24, 2.45) is 0 Å². The van der Waals surface area contributed by atoms with Crippen LogP contribution in [-0.2, 0) is 0 Å². The van der Waals surface area contributed by atoms with Crippen LogP contribution in [0.5, 0.6) is 5.75 Å². The Balaban J connectivity index is 0.000000263. The molecule has 7 nitrogen and oxygen atoms in total. The maximum absolute atomic E-state index is 12.4. The van der Waals surface area contributed by atoms with Crippen molar-refractivity contribution in [1.82, 2.24) is 18.8 Å². The molecule has 4 heterocycles. The van der Waals surface area contributed by atoms with Gasteiger partial charge in [0, 0.05) is 29.2 Å². The van der Waals surface area contributed by atoms with Crippen LogP contribution in [0, 0.1) is 48.5 Å². The molecule has 0 bridgehead atoms. The van der Waals surface area contributed by atoms with Crippen LogP contribution in [0.3, 0.4) is 0 Å². The maximum Gasteiger partial charge on any atom is 0.261 e. The van der Waals surface area contributed by atoms with E-state index in [1.807, 2.05) is 108 Å². The number of hydrogen-bond acceptors (Lipinski definition) is 5. The third kappa shape index (κ3) is 10.1. The van der Waals surface area contributed by atoms with Gasteiger partial charge in [-0.3, -0.25) is 18.4 Å². The molecule has 49 heavy (non-hydrogen) atoms. The molecule has 0 unspecified atom stereocenters. The van der Waals surface area contributed by atoms with Gasteiger partial charge in [0.25, 0.3) is 11.1 Å². The monoisotopic (exact) mass is 660 g/mol. The van der Waals surface area contributed by atoms with Gasteiger partial charge in [-0.15, -0.1) is 0 Å². The van der Waals surface area contributed by atoms with Gasteiger partial charge in [0.05, 0.1) is 12.8 Å². The van der Waals surface area contributed by atoms with Crippen molar-refractivity contribution in [1.29, 1.82) is 0 Å². The van der Waals surface area contributed by atoms with Crippen molar-refractivity contribution in [3.63, 3.8) is 0 Å². The molecule has 258 valence electrons. The first kappa shape index (κ1) is 39.9. The van der Waals surface area contributed by atoms with Crippen molar-refractivity contribution in [3.05, 3.63) is 156 Å². The topological polar surface area (TPSA) is 78.0 Å². The van der Waals surface area contributed by atoms with Crippen LogP contribution in [0.25, 0.3) is 23.4 Å². The lowest BCUT2D eigenvalue weighted by atomic mass is 10.0. The van der Waals surface area contributed by atoms with Gasteiger partial charge in [0.2, 0.25) is 0 Å². The fourth-order valence-corrected chi connectivity index (χ4v) is 4.71. The minimum Gasteiger partial charge on any atom is -0.496 e. The van der Waals surface area contributed by atoms with Gasteiger partial charge in [-0.2, -0.15) is 0 Å². The summed E-state index contributed by atoms with van der Waals surface area (Å²) in [6.07, 6.45) is 7.43. The minimum atomic E-state index is -0.0220. The molecule has 6 rings (SSSR count). The van der Waals surface area contributed by atoms with E-state index in [9.17, 15) is 9.59 Å². The molecule has 0 atom stereocenters. The Morgan fingerprint density at radius 1 is 0.551 bits per heavy atom. The van der Waals surface area contributed by atoms with Gasteiger partial charge in [0.15, 0.2) is 0 Å². The summed E-state index contributed by atoms with van der Waals surface area (Å²) in [4.78, 5) is 32.9. The number of methoxy groups -OCH3 is 1. The van der Waals surface area contributed by atoms with E-state index in [2.05, 4.69) is 55.9 Å². The standard InChI is InChI=1S/C19H18N2O.C10H10N2O.C9H12O.2C2H6/c1-13-7-6-8-16(14(13)2)10-11-17-15(3)19(22)21-12-5-4-9-18(21)20-17;1-7-8(2)11-9-5-3-4-6-12(9)10(7)13;1-7-5-4-6-9(10-3)8(7)2;2*1-2/h4-12H,1-3H3;3-6H,1-2H3;4-6H,1-3H3;2*1-2H3/b11-10+;;;;. The first-order valence-corrected chi connectivity index (χ1v) is 16.8. The molecule has 0 aliphatic carbocycles. The second-order valence-corrected chi connectivity index (χ2v) is 10.9. The Morgan fingerprint density at radius 3 is 1.61 bits per heavy atom. The maximum atomic E-state index is 12.4. The van der Waals surface area contributed by atoms with E-state index in [4.69, 9.17) is 4.74 Å². The summed E-state index contributed by atoms with van der Waals surface area (Å²) in [5.74, 6) is 0.972. The van der Waals surface area contributed by atoms with Gasteiger partial charge in [-0.25, -0.2) is 9.97 Å². The molecule has 0 N–H and O–H groups in total. The lowest BCUT2D eigenvalue weighted by Gasteiger charge is -2.06. The molecular weight excluding hydrogens is 608 g/mol. The molecule has 6 aromatic rings. The molecule has 4 aromatic heterocycles. The van der Waals surface area contributed by atoms with Crippen molar-refractivity contribution >= 4 is 23.4 Å². The number of nitrogens with zero attached hydrogens (tertiary/aromatic N) is 4. The molecule has 0 saturated heterocycles. The third-order valence-electron chi connectivity index (χ3n) is 8.04. The Labute approximate surface area is 291 Å². The zero-order valence-corrected chi connectivity index (χ0v) is 31.3. The Bertz CT molecular complexity index is 2120. The Kier molecular flexibility index (Phi) is 15.9. The van der Waals surface area contributed by atoms with Gasteiger partial charge in [0.1, 0.15) is 17.0 Å². The molecule has 7 heteroatoms. The summed E-state index contributed by atoms with van der Waals surface area (Å²) in [5, 5.41) is 0. The van der Waals surface area contributed by atoms with Crippen LogP contribution in [-0.4, -0.2) is 25.9 Å². The van der Waals surface area contributed by atoms with Gasteiger partial charge < -0.3 is 4.74 Å². The molecule has 0 saturated carbocycles. The Hall–Kier alpha value is -5.30. The van der Waals surface area contributed by atoms with Gasteiger partial charge in [-0.1, -0.05) is 76.2 Å². The van der Waals surface area contributed by atoms with E-state index in [0.717, 1.165) is 22.7 Å². The van der Waals surface area contributed by atoms with Crippen LogP contribution in [0.15, 0.2) is 94.8 Å². The van der Waals surface area contributed by atoms with Crippen LogP contribution in [0.2, 0.25) is 0 Å². The number of rotatable bonds is 3. The number of benzene rings is 2. The average molecular weight is 661 g/mol. The number of aromatic nitrogens is 4. The largest absolute Gasteiger partial charge is 0.496 e. The molecule has 0 fully saturated rings. The lowest BCUT2D eigenvalue weighted by molar-refractivity contribution is 0.411. The van der Waals surface area contributed by atoms with Gasteiger partial charge >= 0.3 is 0 Å². The van der Waals surface area contributed by atoms with Crippen molar-refractivity contribution in [3.8, 4) is 5.75 Å². The third-order valence-corrected chi connectivity index (χ3v) is 8.04. The van der Waals surface area contributed by atoms with E-state index in [0.29, 0.717) is 22.4 Å². The molecular formula is C42H52N4O3. The quantitative estimate of drug-likeness (QED) is 0.189. The highest BCUT2D eigenvalue weighted by Crippen LogP contribution is 2.19. The summed E-state index contributed by atoms with van der Waals surface area (Å²) in [7, 11) is 1.70. The second-order valence-electron chi connectivity index (χ2n) is 10.9. The van der Waals surface area contributed by atoms with Crippen molar-refractivity contribution in [2.45, 2.75) is 76.2 Å². The minimum absolute atomic E-state index is 0.0168. The highest BCUT2D eigenvalue weighted by atomic mass is 16.5. The Morgan fingerprint density at radius 2 is 1.06 bits per heavy atom. The second kappa shape index (κ2) is 19.5. The molecule has 0 radical (unpaired) electrons. The first-order valence-electron chi connectivity index (χ1n) is 16.8. The average Bonchev–Trinajstić information content (AvgIpc) is 3.13.